The molecule has 0 fully saturated rings. The van der Waals surface area contributed by atoms with Gasteiger partial charge in [-0.15, -0.1) is 0 Å². The van der Waals surface area contributed by atoms with E-state index in [1.54, 1.807) is 0 Å². The summed E-state index contributed by atoms with van der Waals surface area (Å²) in [4.78, 5) is 12.1. The molecule has 0 unspecified atom stereocenters. The van der Waals surface area contributed by atoms with Crippen molar-refractivity contribution in [1.29, 1.82) is 0 Å². The molecule has 22 heavy (non-hydrogen) atoms. The zero-order chi connectivity index (χ0) is 15.8. The zero-order valence-corrected chi connectivity index (χ0v) is 13.0. The normalized spacial score (nSPS) is 10.1. The molecule has 2 aromatic rings. The Morgan fingerprint density at radius 3 is 2.32 bits per heavy atom. The van der Waals surface area contributed by atoms with E-state index in [1.807, 2.05) is 62.4 Å². The van der Waals surface area contributed by atoms with Gasteiger partial charge in [0.05, 0.1) is 19.6 Å². The first-order chi connectivity index (χ1) is 10.7. The van der Waals surface area contributed by atoms with Crippen LogP contribution >= 0.6 is 0 Å². The second-order valence-corrected chi connectivity index (χ2v) is 4.74. The SMILES string of the molecule is CCOc1ccc(CC(=O)Nc2ccccc2)cc1OCC. The quantitative estimate of drug-likeness (QED) is 0.848. The molecule has 1 N–H and O–H groups in total. The molecule has 0 saturated heterocycles. The lowest BCUT2D eigenvalue weighted by Crippen LogP contribution is -2.14. The van der Waals surface area contributed by atoms with Crippen molar-refractivity contribution in [2.75, 3.05) is 18.5 Å². The summed E-state index contributed by atoms with van der Waals surface area (Å²) in [6.07, 6.45) is 0.293. The summed E-state index contributed by atoms with van der Waals surface area (Å²) in [6.45, 7) is 4.98. The number of benzene rings is 2. The number of hydrogen-bond donors (Lipinski definition) is 1. The van der Waals surface area contributed by atoms with Crippen molar-refractivity contribution in [3.63, 3.8) is 0 Å². The molecule has 2 aromatic carbocycles. The van der Waals surface area contributed by atoms with Crippen molar-refractivity contribution in [3.8, 4) is 11.5 Å². The molecule has 116 valence electrons. The molecule has 0 spiro atoms. The second-order valence-electron chi connectivity index (χ2n) is 4.74. The van der Waals surface area contributed by atoms with E-state index in [0.717, 1.165) is 11.3 Å². The van der Waals surface area contributed by atoms with E-state index in [4.69, 9.17) is 9.47 Å². The molecule has 0 aliphatic rings. The molecular weight excluding hydrogens is 278 g/mol. The van der Waals surface area contributed by atoms with E-state index in [0.29, 0.717) is 31.1 Å². The maximum absolute atomic E-state index is 12.1. The van der Waals surface area contributed by atoms with Crippen molar-refractivity contribution in [1.82, 2.24) is 0 Å². The van der Waals surface area contributed by atoms with Crippen molar-refractivity contribution < 1.29 is 14.3 Å². The third-order valence-electron chi connectivity index (χ3n) is 3.03. The van der Waals surface area contributed by atoms with Crippen LogP contribution in [0, 0.1) is 0 Å². The predicted octanol–water partition coefficient (Wildman–Crippen LogP) is 3.67. The third-order valence-corrected chi connectivity index (χ3v) is 3.03. The molecule has 0 aliphatic heterocycles. The van der Waals surface area contributed by atoms with Gasteiger partial charge in [-0.1, -0.05) is 24.3 Å². The van der Waals surface area contributed by atoms with E-state index < -0.39 is 0 Å². The fraction of sp³-hybridized carbons (Fsp3) is 0.278. The van der Waals surface area contributed by atoms with E-state index in [1.165, 1.54) is 0 Å². The van der Waals surface area contributed by atoms with Gasteiger partial charge in [0.1, 0.15) is 0 Å². The number of carbonyl (C=O) groups is 1. The summed E-state index contributed by atoms with van der Waals surface area (Å²) in [5.41, 5.74) is 1.68. The van der Waals surface area contributed by atoms with Gasteiger partial charge in [0.25, 0.3) is 0 Å². The predicted molar refractivity (Wildman–Crippen MR) is 87.6 cm³/mol. The third kappa shape index (κ3) is 4.52. The molecule has 0 bridgehead atoms. The number of nitrogens with one attached hydrogen (secondary N) is 1. The van der Waals surface area contributed by atoms with Gasteiger partial charge in [-0.05, 0) is 43.7 Å². The van der Waals surface area contributed by atoms with E-state index in [9.17, 15) is 4.79 Å². The number of anilines is 1. The molecule has 4 nitrogen and oxygen atoms in total. The van der Waals surface area contributed by atoms with Gasteiger partial charge in [0, 0.05) is 5.69 Å². The summed E-state index contributed by atoms with van der Waals surface area (Å²) >= 11 is 0. The molecule has 1 amide bonds. The molecular formula is C18H21NO3. The minimum absolute atomic E-state index is 0.0576. The Morgan fingerprint density at radius 2 is 1.64 bits per heavy atom. The molecule has 0 saturated carbocycles. The van der Waals surface area contributed by atoms with Gasteiger partial charge in [-0.3, -0.25) is 4.79 Å². The summed E-state index contributed by atoms with van der Waals surface area (Å²) in [5, 5.41) is 2.87. The monoisotopic (exact) mass is 299 g/mol. The summed E-state index contributed by atoms with van der Waals surface area (Å²) in [7, 11) is 0. The summed E-state index contributed by atoms with van der Waals surface area (Å²) in [5.74, 6) is 1.32. The first-order valence-electron chi connectivity index (χ1n) is 7.46. The molecule has 0 atom stereocenters. The smallest absolute Gasteiger partial charge is 0.228 e. The number of carbonyl (C=O) groups excluding carboxylic acids is 1. The van der Waals surface area contributed by atoms with E-state index in [-0.39, 0.29) is 5.91 Å². The summed E-state index contributed by atoms with van der Waals surface area (Å²) < 4.78 is 11.1. The number of rotatable bonds is 7. The number of ether oxygens (including phenoxy) is 2. The van der Waals surface area contributed by atoms with Crippen LogP contribution in [0.2, 0.25) is 0 Å². The Hall–Kier alpha value is -2.49. The van der Waals surface area contributed by atoms with Crippen LogP contribution in [0.15, 0.2) is 48.5 Å². The van der Waals surface area contributed by atoms with Gasteiger partial charge < -0.3 is 14.8 Å². The van der Waals surface area contributed by atoms with Crippen molar-refractivity contribution >= 4 is 11.6 Å². The van der Waals surface area contributed by atoms with E-state index >= 15 is 0 Å². The van der Waals surface area contributed by atoms with Crippen LogP contribution in [0.25, 0.3) is 0 Å². The second kappa shape index (κ2) is 8.08. The maximum atomic E-state index is 12.1. The van der Waals surface area contributed by atoms with Gasteiger partial charge in [-0.2, -0.15) is 0 Å². The first kappa shape index (κ1) is 15.9. The molecule has 2 rings (SSSR count). The Kier molecular flexibility index (Phi) is 5.83. The molecule has 0 radical (unpaired) electrons. The zero-order valence-electron chi connectivity index (χ0n) is 13.0. The van der Waals surface area contributed by atoms with Crippen LogP contribution in [0.3, 0.4) is 0 Å². The lowest BCUT2D eigenvalue weighted by atomic mass is 10.1. The van der Waals surface area contributed by atoms with Gasteiger partial charge in [0.15, 0.2) is 11.5 Å². The van der Waals surface area contributed by atoms with Crippen LogP contribution in [0.5, 0.6) is 11.5 Å². The van der Waals surface area contributed by atoms with Gasteiger partial charge in [-0.25, -0.2) is 0 Å². The maximum Gasteiger partial charge on any atom is 0.228 e. The Morgan fingerprint density at radius 1 is 0.955 bits per heavy atom. The molecule has 0 heterocycles. The average molecular weight is 299 g/mol. The summed E-state index contributed by atoms with van der Waals surface area (Å²) in [6, 6.07) is 15.0. The fourth-order valence-electron chi connectivity index (χ4n) is 2.12. The topological polar surface area (TPSA) is 47.6 Å². The average Bonchev–Trinajstić information content (AvgIpc) is 2.51. The van der Waals surface area contributed by atoms with Crippen LogP contribution in [0.4, 0.5) is 5.69 Å². The van der Waals surface area contributed by atoms with Crippen LogP contribution in [-0.4, -0.2) is 19.1 Å². The van der Waals surface area contributed by atoms with Crippen LogP contribution in [0.1, 0.15) is 19.4 Å². The minimum Gasteiger partial charge on any atom is -0.490 e. The molecule has 0 aliphatic carbocycles. The highest BCUT2D eigenvalue weighted by Crippen LogP contribution is 2.28. The Bertz CT molecular complexity index is 611. The molecule has 0 aromatic heterocycles. The molecule has 4 heteroatoms. The van der Waals surface area contributed by atoms with E-state index in [2.05, 4.69) is 5.32 Å². The number of amides is 1. The highest BCUT2D eigenvalue weighted by atomic mass is 16.5. The fourth-order valence-corrected chi connectivity index (χ4v) is 2.12. The Labute approximate surface area is 131 Å². The first-order valence-corrected chi connectivity index (χ1v) is 7.46. The highest BCUT2D eigenvalue weighted by Gasteiger charge is 2.09. The highest BCUT2D eigenvalue weighted by molar-refractivity contribution is 5.92. The van der Waals surface area contributed by atoms with Crippen molar-refractivity contribution in [2.24, 2.45) is 0 Å². The van der Waals surface area contributed by atoms with Gasteiger partial charge in [0.2, 0.25) is 5.91 Å². The minimum atomic E-state index is -0.0576. The van der Waals surface area contributed by atoms with Crippen molar-refractivity contribution in [3.05, 3.63) is 54.1 Å². The number of para-hydroxylation sites is 1. The van der Waals surface area contributed by atoms with Crippen LogP contribution < -0.4 is 14.8 Å². The largest absolute Gasteiger partial charge is 0.490 e. The lowest BCUT2D eigenvalue weighted by molar-refractivity contribution is -0.115. The lowest BCUT2D eigenvalue weighted by Gasteiger charge is -2.12. The number of hydrogen-bond acceptors (Lipinski definition) is 3. The van der Waals surface area contributed by atoms with Crippen LogP contribution in [-0.2, 0) is 11.2 Å². The van der Waals surface area contributed by atoms with Gasteiger partial charge >= 0.3 is 0 Å². The standard InChI is InChI=1S/C18H21NO3/c1-3-21-16-11-10-14(12-17(16)22-4-2)13-18(20)19-15-8-6-5-7-9-15/h5-12H,3-4,13H2,1-2H3,(H,19,20). The van der Waals surface area contributed by atoms with Crippen molar-refractivity contribution in [2.45, 2.75) is 20.3 Å². The Balaban J connectivity index is 2.05.